The van der Waals surface area contributed by atoms with Gasteiger partial charge in [0.25, 0.3) is 0 Å². The number of rotatable bonds is 2. The average Bonchev–Trinajstić information content (AvgIpc) is 2.69. The van der Waals surface area contributed by atoms with Gasteiger partial charge in [-0.1, -0.05) is 23.2 Å². The molecule has 0 atom stereocenters. The highest BCUT2D eigenvalue weighted by atomic mass is 35.5. The van der Waals surface area contributed by atoms with Crippen molar-refractivity contribution < 1.29 is 4.74 Å². The normalized spacial score (nSPS) is 10.3. The molecule has 0 bridgehead atoms. The Bertz CT molecular complexity index is 445. The highest BCUT2D eigenvalue weighted by molar-refractivity contribution is 6.37. The number of hydrogen-bond acceptors (Lipinski definition) is 2. The van der Waals surface area contributed by atoms with E-state index in [4.69, 9.17) is 27.9 Å². The smallest absolute Gasteiger partial charge is 0.156 e. The fourth-order valence-corrected chi connectivity index (χ4v) is 1.96. The number of nitrogens with one attached hydrogen (secondary N) is 1. The van der Waals surface area contributed by atoms with Crippen molar-refractivity contribution in [3.05, 3.63) is 34.6 Å². The molecule has 0 fully saturated rings. The summed E-state index contributed by atoms with van der Waals surface area (Å²) in [4.78, 5) is 7.09. The van der Waals surface area contributed by atoms with Crippen molar-refractivity contribution in [3.8, 4) is 17.1 Å². The number of nitrogens with zero attached hydrogens (tertiary/aromatic N) is 1. The predicted molar refractivity (Wildman–Crippen MR) is 60.6 cm³/mol. The molecule has 2 rings (SSSR count). The van der Waals surface area contributed by atoms with Gasteiger partial charge in [0, 0.05) is 18.0 Å². The summed E-state index contributed by atoms with van der Waals surface area (Å²) < 4.78 is 5.05. The molecule has 0 spiro atoms. The molecule has 0 amide bonds. The van der Waals surface area contributed by atoms with Gasteiger partial charge in [0.15, 0.2) is 5.75 Å². The molecule has 0 aliphatic rings. The van der Waals surface area contributed by atoms with Crippen LogP contribution in [0, 0.1) is 0 Å². The molecule has 0 aliphatic heterocycles. The molecule has 1 heterocycles. The van der Waals surface area contributed by atoms with Gasteiger partial charge in [-0.2, -0.15) is 0 Å². The second-order valence-corrected chi connectivity index (χ2v) is 3.73. The standard InChI is InChI=1S/C10H8Cl2N2O/c1-15-9-7(11)4-6(5-8(9)12)10-13-2-3-14-10/h2-5H,1H3,(H,13,14). The minimum atomic E-state index is 0.469. The third-order valence-corrected chi connectivity index (χ3v) is 2.54. The molecule has 0 radical (unpaired) electrons. The Kier molecular flexibility index (Phi) is 2.84. The molecule has 1 aromatic carbocycles. The Morgan fingerprint density at radius 2 is 1.93 bits per heavy atom. The van der Waals surface area contributed by atoms with Gasteiger partial charge in [0.2, 0.25) is 0 Å². The first kappa shape index (κ1) is 10.3. The van der Waals surface area contributed by atoms with E-state index in [9.17, 15) is 0 Å². The summed E-state index contributed by atoms with van der Waals surface area (Å²) in [7, 11) is 1.53. The molecular weight excluding hydrogens is 235 g/mol. The van der Waals surface area contributed by atoms with Crippen molar-refractivity contribution in [2.24, 2.45) is 0 Å². The lowest BCUT2D eigenvalue weighted by molar-refractivity contribution is 0.415. The molecule has 78 valence electrons. The van der Waals surface area contributed by atoms with Gasteiger partial charge >= 0.3 is 0 Å². The van der Waals surface area contributed by atoms with Crippen LogP contribution in [-0.4, -0.2) is 17.1 Å². The van der Waals surface area contributed by atoms with E-state index in [0.29, 0.717) is 15.8 Å². The van der Waals surface area contributed by atoms with Gasteiger partial charge in [0.1, 0.15) is 5.82 Å². The van der Waals surface area contributed by atoms with Crippen LogP contribution in [0.15, 0.2) is 24.5 Å². The van der Waals surface area contributed by atoms with E-state index in [1.165, 1.54) is 7.11 Å². The zero-order chi connectivity index (χ0) is 10.8. The molecule has 1 aromatic heterocycles. The fourth-order valence-electron chi connectivity index (χ4n) is 1.31. The summed E-state index contributed by atoms with van der Waals surface area (Å²) in [5.41, 5.74) is 0.829. The minimum absolute atomic E-state index is 0.469. The maximum Gasteiger partial charge on any atom is 0.156 e. The second kappa shape index (κ2) is 4.13. The first-order chi connectivity index (χ1) is 7.22. The van der Waals surface area contributed by atoms with Crippen LogP contribution in [0.2, 0.25) is 10.0 Å². The van der Waals surface area contributed by atoms with E-state index in [1.54, 1.807) is 24.5 Å². The number of ether oxygens (including phenoxy) is 1. The molecule has 15 heavy (non-hydrogen) atoms. The van der Waals surface area contributed by atoms with Gasteiger partial charge in [-0.05, 0) is 12.1 Å². The Hall–Kier alpha value is -1.19. The monoisotopic (exact) mass is 242 g/mol. The quantitative estimate of drug-likeness (QED) is 0.877. The summed E-state index contributed by atoms with van der Waals surface area (Å²) in [6, 6.07) is 3.51. The summed E-state index contributed by atoms with van der Waals surface area (Å²) in [6.07, 6.45) is 3.41. The van der Waals surface area contributed by atoms with Crippen molar-refractivity contribution in [2.75, 3.05) is 7.11 Å². The number of aromatic nitrogens is 2. The average molecular weight is 243 g/mol. The van der Waals surface area contributed by atoms with Crippen LogP contribution >= 0.6 is 23.2 Å². The predicted octanol–water partition coefficient (Wildman–Crippen LogP) is 3.39. The first-order valence-electron chi connectivity index (χ1n) is 4.25. The second-order valence-electron chi connectivity index (χ2n) is 2.91. The number of benzene rings is 1. The maximum atomic E-state index is 6.00. The number of halogens is 2. The molecular formula is C10H8Cl2N2O. The number of hydrogen-bond donors (Lipinski definition) is 1. The van der Waals surface area contributed by atoms with Crippen LogP contribution in [-0.2, 0) is 0 Å². The van der Waals surface area contributed by atoms with Gasteiger partial charge < -0.3 is 9.72 Å². The van der Waals surface area contributed by atoms with E-state index >= 15 is 0 Å². The molecule has 0 saturated carbocycles. The van der Waals surface area contributed by atoms with Crippen molar-refractivity contribution in [1.29, 1.82) is 0 Å². The lowest BCUT2D eigenvalue weighted by atomic mass is 10.2. The zero-order valence-electron chi connectivity index (χ0n) is 7.92. The van der Waals surface area contributed by atoms with E-state index in [-0.39, 0.29) is 0 Å². The Balaban J connectivity index is 2.53. The topological polar surface area (TPSA) is 37.9 Å². The number of methoxy groups -OCH3 is 1. The van der Waals surface area contributed by atoms with E-state index in [2.05, 4.69) is 9.97 Å². The Morgan fingerprint density at radius 3 is 2.40 bits per heavy atom. The maximum absolute atomic E-state index is 6.00. The van der Waals surface area contributed by atoms with Crippen LogP contribution in [0.5, 0.6) is 5.75 Å². The van der Waals surface area contributed by atoms with Crippen LogP contribution in [0.3, 0.4) is 0 Å². The zero-order valence-corrected chi connectivity index (χ0v) is 9.43. The van der Waals surface area contributed by atoms with E-state index in [0.717, 1.165) is 11.4 Å². The highest BCUT2D eigenvalue weighted by Crippen LogP contribution is 2.36. The van der Waals surface area contributed by atoms with E-state index < -0.39 is 0 Å². The number of imidazole rings is 1. The van der Waals surface area contributed by atoms with Crippen LogP contribution in [0.4, 0.5) is 0 Å². The van der Waals surface area contributed by atoms with Gasteiger partial charge in [-0.15, -0.1) is 0 Å². The summed E-state index contributed by atoms with van der Waals surface area (Å²) in [5.74, 6) is 1.20. The van der Waals surface area contributed by atoms with Crippen molar-refractivity contribution in [2.45, 2.75) is 0 Å². The molecule has 1 N–H and O–H groups in total. The highest BCUT2D eigenvalue weighted by Gasteiger charge is 2.10. The van der Waals surface area contributed by atoms with Crippen LogP contribution in [0.25, 0.3) is 11.4 Å². The Labute approximate surface area is 97.0 Å². The van der Waals surface area contributed by atoms with Gasteiger partial charge in [-0.25, -0.2) is 4.98 Å². The molecule has 5 heteroatoms. The van der Waals surface area contributed by atoms with Crippen molar-refractivity contribution >= 4 is 23.2 Å². The van der Waals surface area contributed by atoms with Crippen LogP contribution in [0.1, 0.15) is 0 Å². The summed E-state index contributed by atoms with van der Waals surface area (Å²) in [6.45, 7) is 0. The number of H-pyrrole nitrogens is 1. The lowest BCUT2D eigenvalue weighted by Crippen LogP contribution is -1.88. The lowest BCUT2D eigenvalue weighted by Gasteiger charge is -2.07. The van der Waals surface area contributed by atoms with E-state index in [1.807, 2.05) is 0 Å². The molecule has 0 aliphatic carbocycles. The summed E-state index contributed by atoms with van der Waals surface area (Å²) in [5, 5.41) is 0.938. The Morgan fingerprint density at radius 1 is 1.27 bits per heavy atom. The van der Waals surface area contributed by atoms with Crippen LogP contribution < -0.4 is 4.74 Å². The van der Waals surface area contributed by atoms with Gasteiger partial charge in [0.05, 0.1) is 17.2 Å². The third-order valence-electron chi connectivity index (χ3n) is 1.97. The largest absolute Gasteiger partial charge is 0.494 e. The molecule has 2 aromatic rings. The fraction of sp³-hybridized carbons (Fsp3) is 0.100. The van der Waals surface area contributed by atoms with Crippen molar-refractivity contribution in [1.82, 2.24) is 9.97 Å². The minimum Gasteiger partial charge on any atom is -0.494 e. The first-order valence-corrected chi connectivity index (χ1v) is 5.00. The summed E-state index contributed by atoms with van der Waals surface area (Å²) >= 11 is 12.0. The van der Waals surface area contributed by atoms with Gasteiger partial charge in [-0.3, -0.25) is 0 Å². The molecule has 0 saturated heterocycles. The van der Waals surface area contributed by atoms with Crippen molar-refractivity contribution in [3.63, 3.8) is 0 Å². The SMILES string of the molecule is COc1c(Cl)cc(-c2ncc[nH]2)cc1Cl. The molecule has 0 unspecified atom stereocenters. The molecule has 3 nitrogen and oxygen atoms in total. The third kappa shape index (κ3) is 1.94. The number of aromatic amines is 1.